The van der Waals surface area contributed by atoms with E-state index in [0.29, 0.717) is 23.3 Å². The summed E-state index contributed by atoms with van der Waals surface area (Å²) in [4.78, 5) is -0.992. The summed E-state index contributed by atoms with van der Waals surface area (Å²) in [6.07, 6.45) is 6.10. The fourth-order valence-electron chi connectivity index (χ4n) is 6.29. The van der Waals surface area contributed by atoms with E-state index >= 15 is 0 Å². The minimum Gasteiger partial charge on any atom is -0.341 e. The number of rotatable bonds is 14. The predicted octanol–water partition coefficient (Wildman–Crippen LogP) is 6.64. The Hall–Kier alpha value is -6.30. The van der Waals surface area contributed by atoms with Gasteiger partial charge in [-0.2, -0.15) is 16.8 Å². The molecule has 326 valence electrons. The van der Waals surface area contributed by atoms with Gasteiger partial charge in [0, 0.05) is 94.0 Å². The molecule has 0 bridgehead atoms. The summed E-state index contributed by atoms with van der Waals surface area (Å²) in [5.74, 6) is 1.88. The van der Waals surface area contributed by atoms with Gasteiger partial charge in [0.1, 0.15) is 21.4 Å². The molecule has 2 aliphatic rings. The molecule has 2 aliphatic heterocycles. The van der Waals surface area contributed by atoms with E-state index in [1.165, 1.54) is 59.0 Å². The second-order valence-electron chi connectivity index (χ2n) is 13.9. The summed E-state index contributed by atoms with van der Waals surface area (Å²) in [6, 6.07) is 45.9. The summed E-state index contributed by atoms with van der Waals surface area (Å²) in [6.45, 7) is 0. The molecule has 6 aromatic rings. The number of nitrogens with zero attached hydrogens (tertiary/aromatic N) is 4. The molecule has 0 spiro atoms. The maximum Gasteiger partial charge on any atom is 0.295 e. The number of nitrogens with one attached hydrogen (secondary N) is 8. The second kappa shape index (κ2) is 22.3. The Morgan fingerprint density at radius 1 is 0.439 bits per heavy atom. The van der Waals surface area contributed by atoms with E-state index in [0.717, 1.165) is 22.7 Å². The maximum absolute atomic E-state index is 12.8. The first-order valence-corrected chi connectivity index (χ1v) is 22.2. The van der Waals surface area contributed by atoms with Crippen LogP contribution in [-0.2, 0) is 20.2 Å². The number of para-hydroxylation sites is 4. The fourth-order valence-corrected chi connectivity index (χ4v) is 7.71. The van der Waals surface area contributed by atoms with Crippen molar-refractivity contribution in [2.75, 3.05) is 32.1 Å². The standard InChI is InChI=1S/C44H40N12O6S2.2Na/c57-63(58,59)39-27-37(49-55-51-41(45-33-13-5-1-6-14-33)29-42(52-55)46-34-15-7-2-8-16-34)25-23-31(39)21-22-32-24-26-38(28-40(32)64(60,61)62)50-56-53-43(47-35-17-9-3-10-18-35)30-44(54-56)48-36-19-11-4-12-20-36;;/h1-30,45,47,49-51,53H,(H,46,52)(H,48,54)(H,57,58,59)(H,60,61,62);;. The van der Waals surface area contributed by atoms with Crippen molar-refractivity contribution in [2.45, 2.75) is 9.79 Å². The molecule has 0 saturated carbocycles. The van der Waals surface area contributed by atoms with Gasteiger partial charge >= 0.3 is 0 Å². The van der Waals surface area contributed by atoms with Gasteiger partial charge in [0.25, 0.3) is 20.2 Å². The number of benzene rings is 6. The molecular weight excluding hydrogens is 903 g/mol. The van der Waals surface area contributed by atoms with Gasteiger partial charge in [-0.25, -0.2) is 10.9 Å². The number of hydrogen-bond donors (Lipinski definition) is 10. The molecule has 6 aromatic carbocycles. The van der Waals surface area contributed by atoms with Crippen LogP contribution in [0.1, 0.15) is 11.1 Å². The first-order chi connectivity index (χ1) is 30.9. The van der Waals surface area contributed by atoms with Crippen LogP contribution in [0.25, 0.3) is 12.2 Å². The Balaban J connectivity index is 0.00000360. The summed E-state index contributed by atoms with van der Waals surface area (Å²) in [7, 11) is -9.67. The summed E-state index contributed by atoms with van der Waals surface area (Å²) in [5, 5.41) is 24.6. The molecule has 0 unspecified atom stereocenters. The van der Waals surface area contributed by atoms with Crippen LogP contribution in [0.5, 0.6) is 0 Å². The Bertz CT molecular complexity index is 2820. The van der Waals surface area contributed by atoms with Crippen LogP contribution in [0.15, 0.2) is 202 Å². The SMILES string of the molecule is O=S(=O)(O)c1cc(NN2N=C(Nc3ccccc3)C=C(Nc3ccccc3)N2)ccc1C=Cc1ccc(NN2N=C(Nc3ccccc3)C=C(Nc3ccccc3)N2)cc1S(=O)(=O)O.[Na].[Na]. The van der Waals surface area contributed by atoms with E-state index in [4.69, 9.17) is 0 Å². The second-order valence-corrected chi connectivity index (χ2v) is 16.7. The molecule has 66 heavy (non-hydrogen) atoms. The maximum atomic E-state index is 12.8. The minimum atomic E-state index is -4.83. The number of amidine groups is 2. The minimum absolute atomic E-state index is 0. The molecule has 2 radical (unpaired) electrons. The van der Waals surface area contributed by atoms with Gasteiger partial charge in [-0.1, -0.05) is 97.1 Å². The number of hydrazone groups is 2. The van der Waals surface area contributed by atoms with Crippen molar-refractivity contribution in [3.8, 4) is 0 Å². The van der Waals surface area contributed by atoms with Crippen LogP contribution in [0.2, 0.25) is 0 Å². The average Bonchev–Trinajstić information content (AvgIpc) is 3.27. The molecule has 0 fully saturated rings. The van der Waals surface area contributed by atoms with Crippen molar-refractivity contribution in [3.63, 3.8) is 0 Å². The molecule has 22 heteroatoms. The Kier molecular flexibility index (Phi) is 16.6. The first-order valence-electron chi connectivity index (χ1n) is 19.4. The first kappa shape index (κ1) is 49.1. The van der Waals surface area contributed by atoms with Gasteiger partial charge in [0.2, 0.25) is 0 Å². The third-order valence-corrected chi connectivity index (χ3v) is 10.9. The smallest absolute Gasteiger partial charge is 0.295 e. The number of anilines is 6. The summed E-state index contributed by atoms with van der Waals surface area (Å²) in [5.41, 5.74) is 15.7. The Morgan fingerprint density at radius 2 is 0.758 bits per heavy atom. The van der Waals surface area contributed by atoms with Crippen LogP contribution in [-0.4, -0.2) is 107 Å². The van der Waals surface area contributed by atoms with E-state index in [-0.39, 0.29) is 81.6 Å². The van der Waals surface area contributed by atoms with Crippen LogP contribution < -0.4 is 43.0 Å². The van der Waals surface area contributed by atoms with Crippen molar-refractivity contribution in [1.82, 2.24) is 21.3 Å². The molecule has 8 rings (SSSR count). The Morgan fingerprint density at radius 3 is 1.08 bits per heavy atom. The van der Waals surface area contributed by atoms with Gasteiger partial charge in [-0.15, -0.1) is 20.7 Å². The van der Waals surface area contributed by atoms with E-state index in [9.17, 15) is 25.9 Å². The molecule has 10 N–H and O–H groups in total. The zero-order valence-corrected chi connectivity index (χ0v) is 41.1. The Labute approximate surface area is 425 Å². The van der Waals surface area contributed by atoms with Crippen molar-refractivity contribution in [1.29, 1.82) is 0 Å². The molecule has 0 aromatic heterocycles. The monoisotopic (exact) mass is 942 g/mol. The normalized spacial score (nSPS) is 13.5. The van der Waals surface area contributed by atoms with Gasteiger partial charge < -0.3 is 21.3 Å². The third-order valence-electron chi connectivity index (χ3n) is 9.12. The molecule has 0 saturated heterocycles. The summed E-state index contributed by atoms with van der Waals surface area (Å²) >= 11 is 0. The van der Waals surface area contributed by atoms with Gasteiger partial charge in [-0.05, 0) is 83.9 Å². The fraction of sp³-hybridized carbons (Fsp3) is 0. The molecule has 2 heterocycles. The summed E-state index contributed by atoms with van der Waals surface area (Å²) < 4.78 is 71.7. The molecule has 0 atom stereocenters. The zero-order chi connectivity index (χ0) is 44.5. The van der Waals surface area contributed by atoms with E-state index < -0.39 is 30.0 Å². The van der Waals surface area contributed by atoms with Crippen molar-refractivity contribution in [2.24, 2.45) is 10.2 Å². The van der Waals surface area contributed by atoms with Crippen molar-refractivity contribution in [3.05, 3.63) is 193 Å². The largest absolute Gasteiger partial charge is 0.341 e. The quantitative estimate of drug-likeness (QED) is 0.0313. The van der Waals surface area contributed by atoms with Crippen LogP contribution in [0, 0.1) is 0 Å². The van der Waals surface area contributed by atoms with Crippen LogP contribution >= 0.6 is 0 Å². The van der Waals surface area contributed by atoms with Crippen LogP contribution in [0.3, 0.4) is 0 Å². The van der Waals surface area contributed by atoms with Gasteiger partial charge in [0.15, 0.2) is 11.7 Å². The predicted molar refractivity (Wildman–Crippen MR) is 261 cm³/mol. The topological polar surface area (TPSA) is 236 Å². The molecule has 0 amide bonds. The van der Waals surface area contributed by atoms with Crippen molar-refractivity contribution >= 4 is 137 Å². The molecular formula is C44H40N12Na2O6S2. The number of hydrogen-bond acceptors (Lipinski definition) is 16. The number of hydrazine groups is 4. The molecule has 18 nitrogen and oxygen atoms in total. The third kappa shape index (κ3) is 13.6. The van der Waals surface area contributed by atoms with E-state index in [1.54, 1.807) is 12.2 Å². The van der Waals surface area contributed by atoms with Crippen molar-refractivity contribution < 1.29 is 25.9 Å². The zero-order valence-electron chi connectivity index (χ0n) is 35.5. The van der Waals surface area contributed by atoms with E-state index in [1.807, 2.05) is 121 Å². The average molecular weight is 943 g/mol. The van der Waals surface area contributed by atoms with Gasteiger partial charge in [0.05, 0.1) is 11.4 Å². The molecule has 0 aliphatic carbocycles. The van der Waals surface area contributed by atoms with E-state index in [2.05, 4.69) is 53.2 Å². The van der Waals surface area contributed by atoms with Gasteiger partial charge in [-0.3, -0.25) is 20.0 Å². The van der Waals surface area contributed by atoms with Crippen LogP contribution in [0.4, 0.5) is 34.1 Å².